The number of amides is 2. The van der Waals surface area contributed by atoms with Gasteiger partial charge in [0.2, 0.25) is 11.8 Å². The van der Waals surface area contributed by atoms with Crippen molar-refractivity contribution in [1.29, 1.82) is 0 Å². The van der Waals surface area contributed by atoms with E-state index in [-0.39, 0.29) is 6.03 Å². The van der Waals surface area contributed by atoms with Crippen molar-refractivity contribution >= 4 is 6.03 Å². The zero-order chi connectivity index (χ0) is 15.1. The number of nitrogens with one attached hydrogen (secondary N) is 1. The number of aromatic nitrogens is 3. The Labute approximate surface area is 123 Å². The number of nitrogens with zero attached hydrogens (tertiary/aromatic N) is 4. The third kappa shape index (κ3) is 4.01. The number of hydrogen-bond donors (Lipinski definition) is 1. The SMILES string of the molecule is CCN(CC)C(=O)NCCc1nnc(-c2cccnc2)o1. The Balaban J connectivity index is 1.85. The average molecular weight is 289 g/mol. The highest BCUT2D eigenvalue weighted by atomic mass is 16.4. The minimum Gasteiger partial charge on any atom is -0.421 e. The number of carbonyl (C=O) groups is 1. The molecule has 0 aliphatic carbocycles. The molecule has 0 saturated carbocycles. The van der Waals surface area contributed by atoms with Gasteiger partial charge in [-0.25, -0.2) is 4.79 Å². The smallest absolute Gasteiger partial charge is 0.317 e. The monoisotopic (exact) mass is 289 g/mol. The first kappa shape index (κ1) is 15.0. The summed E-state index contributed by atoms with van der Waals surface area (Å²) in [5.74, 6) is 0.932. The molecule has 7 heteroatoms. The molecule has 0 fully saturated rings. The molecule has 1 N–H and O–H groups in total. The molecule has 0 atom stereocenters. The molecule has 0 radical (unpaired) electrons. The second-order valence-electron chi connectivity index (χ2n) is 4.40. The van der Waals surface area contributed by atoms with Crippen LogP contribution in [-0.4, -0.2) is 45.7 Å². The summed E-state index contributed by atoms with van der Waals surface area (Å²) in [6.07, 6.45) is 3.85. The minimum absolute atomic E-state index is 0.0769. The highest BCUT2D eigenvalue weighted by molar-refractivity contribution is 5.74. The average Bonchev–Trinajstić information content (AvgIpc) is 2.98. The molecule has 2 heterocycles. The first-order valence-corrected chi connectivity index (χ1v) is 7.00. The molecule has 0 unspecified atom stereocenters. The maximum Gasteiger partial charge on any atom is 0.317 e. The van der Waals surface area contributed by atoms with Gasteiger partial charge in [0, 0.05) is 38.4 Å². The van der Waals surface area contributed by atoms with E-state index in [9.17, 15) is 4.79 Å². The van der Waals surface area contributed by atoms with Crippen LogP contribution in [0, 0.1) is 0 Å². The Kier molecular flexibility index (Phi) is 5.25. The molecular weight excluding hydrogens is 270 g/mol. The van der Waals surface area contributed by atoms with Gasteiger partial charge in [0.05, 0.1) is 5.56 Å². The van der Waals surface area contributed by atoms with Crippen molar-refractivity contribution in [2.75, 3.05) is 19.6 Å². The molecule has 7 nitrogen and oxygen atoms in total. The molecule has 2 aromatic rings. The summed E-state index contributed by atoms with van der Waals surface area (Å²) in [5.41, 5.74) is 0.781. The molecule has 0 aliphatic heterocycles. The highest BCUT2D eigenvalue weighted by Crippen LogP contribution is 2.15. The van der Waals surface area contributed by atoms with Crippen LogP contribution in [0.3, 0.4) is 0 Å². The standard InChI is InChI=1S/C14H19N5O2/c1-3-19(4-2)14(20)16-9-7-12-17-18-13(21-12)11-6-5-8-15-10-11/h5-6,8,10H,3-4,7,9H2,1-2H3,(H,16,20). The highest BCUT2D eigenvalue weighted by Gasteiger charge is 2.11. The van der Waals surface area contributed by atoms with E-state index < -0.39 is 0 Å². The van der Waals surface area contributed by atoms with Crippen LogP contribution < -0.4 is 5.32 Å². The van der Waals surface area contributed by atoms with Crippen molar-refractivity contribution in [3.05, 3.63) is 30.4 Å². The van der Waals surface area contributed by atoms with Crippen LogP contribution in [0.1, 0.15) is 19.7 Å². The molecule has 0 aromatic carbocycles. The molecule has 0 aliphatic rings. The third-order valence-corrected chi connectivity index (χ3v) is 3.04. The van der Waals surface area contributed by atoms with E-state index in [0.717, 1.165) is 5.56 Å². The zero-order valence-electron chi connectivity index (χ0n) is 12.2. The van der Waals surface area contributed by atoms with Crippen LogP contribution in [0.2, 0.25) is 0 Å². The first-order valence-electron chi connectivity index (χ1n) is 7.00. The summed E-state index contributed by atoms with van der Waals surface area (Å²) in [6.45, 7) is 5.73. The van der Waals surface area contributed by atoms with Gasteiger partial charge in [-0.05, 0) is 26.0 Å². The van der Waals surface area contributed by atoms with Gasteiger partial charge in [-0.15, -0.1) is 10.2 Å². The van der Waals surface area contributed by atoms with Crippen molar-refractivity contribution in [2.24, 2.45) is 0 Å². The van der Waals surface area contributed by atoms with Gasteiger partial charge in [-0.1, -0.05) is 0 Å². The van der Waals surface area contributed by atoms with E-state index in [1.807, 2.05) is 26.0 Å². The number of carbonyl (C=O) groups excluding carboxylic acids is 1. The minimum atomic E-state index is -0.0769. The Morgan fingerprint density at radius 2 is 2.14 bits per heavy atom. The molecule has 112 valence electrons. The van der Waals surface area contributed by atoms with Crippen molar-refractivity contribution < 1.29 is 9.21 Å². The van der Waals surface area contributed by atoms with Crippen molar-refractivity contribution in [3.8, 4) is 11.5 Å². The summed E-state index contributed by atoms with van der Waals surface area (Å²) in [6, 6.07) is 3.59. The van der Waals surface area contributed by atoms with E-state index in [1.165, 1.54) is 0 Å². The molecule has 2 rings (SSSR count). The predicted octanol–water partition coefficient (Wildman–Crippen LogP) is 1.73. The fraction of sp³-hybridized carbons (Fsp3) is 0.429. The zero-order valence-corrected chi connectivity index (χ0v) is 12.2. The second-order valence-corrected chi connectivity index (χ2v) is 4.40. The maximum absolute atomic E-state index is 11.8. The van der Waals surface area contributed by atoms with Crippen LogP contribution >= 0.6 is 0 Å². The molecule has 0 bridgehead atoms. The summed E-state index contributed by atoms with van der Waals surface area (Å²) < 4.78 is 5.54. The van der Waals surface area contributed by atoms with Crippen molar-refractivity contribution in [3.63, 3.8) is 0 Å². The second kappa shape index (κ2) is 7.37. The molecule has 2 aromatic heterocycles. The van der Waals surface area contributed by atoms with Crippen LogP contribution in [0.4, 0.5) is 4.79 Å². The topological polar surface area (TPSA) is 84.2 Å². The molecule has 0 saturated heterocycles. The van der Waals surface area contributed by atoms with Gasteiger partial charge in [-0.3, -0.25) is 4.98 Å². The third-order valence-electron chi connectivity index (χ3n) is 3.04. The van der Waals surface area contributed by atoms with Crippen LogP contribution in [-0.2, 0) is 6.42 Å². The lowest BCUT2D eigenvalue weighted by atomic mass is 10.3. The summed E-state index contributed by atoms with van der Waals surface area (Å²) in [4.78, 5) is 17.5. The number of pyridine rings is 1. The lowest BCUT2D eigenvalue weighted by molar-refractivity contribution is 0.203. The van der Waals surface area contributed by atoms with Gasteiger partial charge in [-0.2, -0.15) is 0 Å². The van der Waals surface area contributed by atoms with Gasteiger partial charge in [0.25, 0.3) is 0 Å². The molecule has 0 spiro atoms. The quantitative estimate of drug-likeness (QED) is 0.875. The lowest BCUT2D eigenvalue weighted by Gasteiger charge is -2.18. The van der Waals surface area contributed by atoms with Crippen molar-refractivity contribution in [2.45, 2.75) is 20.3 Å². The van der Waals surface area contributed by atoms with Crippen molar-refractivity contribution in [1.82, 2.24) is 25.4 Å². The fourth-order valence-corrected chi connectivity index (χ4v) is 1.86. The molecule has 21 heavy (non-hydrogen) atoms. The van der Waals surface area contributed by atoms with Crippen LogP contribution in [0.5, 0.6) is 0 Å². The Bertz CT molecular complexity index is 566. The fourth-order valence-electron chi connectivity index (χ4n) is 1.86. The molecule has 2 amide bonds. The van der Waals surface area contributed by atoms with Crippen LogP contribution in [0.25, 0.3) is 11.5 Å². The van der Waals surface area contributed by atoms with Gasteiger partial charge in [0.15, 0.2) is 0 Å². The van der Waals surface area contributed by atoms with E-state index in [1.54, 1.807) is 17.3 Å². The summed E-state index contributed by atoms with van der Waals surface area (Å²) >= 11 is 0. The normalized spacial score (nSPS) is 10.4. The Hall–Kier alpha value is -2.44. The summed E-state index contributed by atoms with van der Waals surface area (Å²) in [7, 11) is 0. The predicted molar refractivity (Wildman–Crippen MR) is 77.6 cm³/mol. The van der Waals surface area contributed by atoms with Gasteiger partial charge in [0.1, 0.15) is 0 Å². The first-order chi connectivity index (χ1) is 10.2. The van der Waals surface area contributed by atoms with Crippen LogP contribution in [0.15, 0.2) is 28.9 Å². The van der Waals surface area contributed by atoms with Gasteiger partial charge < -0.3 is 14.6 Å². The van der Waals surface area contributed by atoms with E-state index in [0.29, 0.717) is 37.8 Å². The van der Waals surface area contributed by atoms with E-state index in [2.05, 4.69) is 20.5 Å². The van der Waals surface area contributed by atoms with E-state index in [4.69, 9.17) is 4.42 Å². The number of urea groups is 1. The number of hydrogen-bond acceptors (Lipinski definition) is 5. The molecular formula is C14H19N5O2. The van der Waals surface area contributed by atoms with Gasteiger partial charge >= 0.3 is 6.03 Å². The maximum atomic E-state index is 11.8. The Morgan fingerprint density at radius 3 is 2.81 bits per heavy atom. The summed E-state index contributed by atoms with van der Waals surface area (Å²) in [5, 5.41) is 10.8. The largest absolute Gasteiger partial charge is 0.421 e. The van der Waals surface area contributed by atoms with E-state index >= 15 is 0 Å². The lowest BCUT2D eigenvalue weighted by Crippen LogP contribution is -2.40. The number of rotatable bonds is 6. The Morgan fingerprint density at radius 1 is 1.33 bits per heavy atom.